The van der Waals surface area contributed by atoms with Crippen LogP contribution in [0.2, 0.25) is 0 Å². The Morgan fingerprint density at radius 2 is 1.84 bits per heavy atom. The molecule has 4 aromatic rings. The van der Waals surface area contributed by atoms with Crippen LogP contribution in [0.25, 0.3) is 16.9 Å². The van der Waals surface area contributed by atoms with Gasteiger partial charge in [0.15, 0.2) is 0 Å². The number of aromatic nitrogens is 2. The molecule has 3 aromatic heterocycles. The summed E-state index contributed by atoms with van der Waals surface area (Å²) >= 11 is 1.69. The summed E-state index contributed by atoms with van der Waals surface area (Å²) in [5.74, 6) is 1.55. The molecule has 0 unspecified atom stereocenters. The van der Waals surface area contributed by atoms with E-state index >= 15 is 0 Å². The average Bonchev–Trinajstić information content (AvgIpc) is 3.24. The second kappa shape index (κ2) is 6.37. The van der Waals surface area contributed by atoms with Crippen molar-refractivity contribution in [2.24, 2.45) is 0 Å². The lowest BCUT2D eigenvalue weighted by Gasteiger charge is -2.12. The maximum absolute atomic E-state index is 4.87. The molecule has 126 valence electrons. The van der Waals surface area contributed by atoms with Crippen LogP contribution in [0.3, 0.4) is 0 Å². The molecule has 0 aliphatic carbocycles. The SMILES string of the molecule is Cc1cccc2nc(-c3ccsc3)c(Nc3ccc(C(C)C)cc3)n12. The van der Waals surface area contributed by atoms with Gasteiger partial charge in [-0.05, 0) is 54.1 Å². The first-order chi connectivity index (χ1) is 12.1. The lowest BCUT2D eigenvalue weighted by Crippen LogP contribution is -1.99. The van der Waals surface area contributed by atoms with Crippen molar-refractivity contribution in [1.29, 1.82) is 0 Å². The van der Waals surface area contributed by atoms with Gasteiger partial charge < -0.3 is 5.32 Å². The van der Waals surface area contributed by atoms with Crippen molar-refractivity contribution in [2.75, 3.05) is 5.32 Å². The fourth-order valence-corrected chi connectivity index (χ4v) is 3.70. The Morgan fingerprint density at radius 1 is 1.04 bits per heavy atom. The van der Waals surface area contributed by atoms with Crippen molar-refractivity contribution < 1.29 is 0 Å². The summed E-state index contributed by atoms with van der Waals surface area (Å²) in [7, 11) is 0. The second-order valence-corrected chi connectivity index (χ2v) is 7.36. The van der Waals surface area contributed by atoms with Crippen LogP contribution in [-0.4, -0.2) is 9.38 Å². The quantitative estimate of drug-likeness (QED) is 0.473. The monoisotopic (exact) mass is 347 g/mol. The molecule has 0 saturated carbocycles. The molecule has 0 radical (unpaired) electrons. The van der Waals surface area contributed by atoms with Gasteiger partial charge in [0.05, 0.1) is 0 Å². The standard InChI is InChI=1S/C21H21N3S/c1-14(2)16-7-9-18(10-8-16)22-21-20(17-11-12-25-13-17)23-19-6-4-5-15(3)24(19)21/h4-14,22H,1-3H3. The van der Waals surface area contributed by atoms with E-state index in [-0.39, 0.29) is 0 Å². The first kappa shape index (κ1) is 15.9. The first-order valence-electron chi connectivity index (χ1n) is 8.51. The minimum absolute atomic E-state index is 0.536. The van der Waals surface area contributed by atoms with Crippen molar-refractivity contribution in [3.63, 3.8) is 0 Å². The molecule has 0 atom stereocenters. The number of thiophene rings is 1. The van der Waals surface area contributed by atoms with Gasteiger partial charge in [0.1, 0.15) is 17.2 Å². The third-order valence-electron chi connectivity index (χ3n) is 4.47. The minimum atomic E-state index is 0.536. The Labute approximate surface area is 152 Å². The van der Waals surface area contributed by atoms with Gasteiger partial charge in [0.25, 0.3) is 0 Å². The van der Waals surface area contributed by atoms with Crippen LogP contribution in [0.15, 0.2) is 59.3 Å². The number of rotatable bonds is 4. The molecule has 0 saturated heterocycles. The fourth-order valence-electron chi connectivity index (χ4n) is 3.06. The normalized spacial score (nSPS) is 11.4. The highest BCUT2D eigenvalue weighted by Gasteiger charge is 2.16. The van der Waals surface area contributed by atoms with Crippen LogP contribution in [0.5, 0.6) is 0 Å². The number of hydrogen-bond acceptors (Lipinski definition) is 3. The van der Waals surface area contributed by atoms with Crippen LogP contribution < -0.4 is 5.32 Å². The summed E-state index contributed by atoms with van der Waals surface area (Å²) in [6.45, 7) is 6.54. The van der Waals surface area contributed by atoms with E-state index in [2.05, 4.69) is 89.8 Å². The van der Waals surface area contributed by atoms with Gasteiger partial charge in [-0.15, -0.1) is 0 Å². The van der Waals surface area contributed by atoms with Crippen LogP contribution in [0.4, 0.5) is 11.5 Å². The van der Waals surface area contributed by atoms with Gasteiger partial charge in [-0.2, -0.15) is 11.3 Å². The first-order valence-corrected chi connectivity index (χ1v) is 9.45. The van der Waals surface area contributed by atoms with E-state index in [1.807, 2.05) is 0 Å². The number of benzene rings is 1. The zero-order valence-electron chi connectivity index (χ0n) is 14.7. The Hall–Kier alpha value is -2.59. The number of anilines is 2. The number of nitrogens with one attached hydrogen (secondary N) is 1. The second-order valence-electron chi connectivity index (χ2n) is 6.58. The molecule has 25 heavy (non-hydrogen) atoms. The molecule has 4 heteroatoms. The molecule has 1 aromatic carbocycles. The van der Waals surface area contributed by atoms with Gasteiger partial charge >= 0.3 is 0 Å². The van der Waals surface area contributed by atoms with E-state index in [0.717, 1.165) is 34.1 Å². The van der Waals surface area contributed by atoms with E-state index in [1.54, 1.807) is 11.3 Å². The summed E-state index contributed by atoms with van der Waals surface area (Å²) in [6, 6.07) is 17.0. The predicted molar refractivity (Wildman–Crippen MR) is 107 cm³/mol. The molecular weight excluding hydrogens is 326 g/mol. The van der Waals surface area contributed by atoms with E-state index in [1.165, 1.54) is 5.56 Å². The zero-order valence-corrected chi connectivity index (χ0v) is 15.5. The van der Waals surface area contributed by atoms with Crippen molar-refractivity contribution >= 4 is 28.5 Å². The Bertz CT molecular complexity index is 996. The summed E-state index contributed by atoms with van der Waals surface area (Å²) in [5.41, 5.74) is 6.68. The minimum Gasteiger partial charge on any atom is -0.339 e. The number of hydrogen-bond donors (Lipinski definition) is 1. The highest BCUT2D eigenvalue weighted by molar-refractivity contribution is 7.08. The number of fused-ring (bicyclic) bond motifs is 1. The van der Waals surface area contributed by atoms with Gasteiger partial charge in [0.2, 0.25) is 0 Å². The number of aryl methyl sites for hydroxylation is 1. The topological polar surface area (TPSA) is 29.3 Å². The molecule has 0 bridgehead atoms. The fraction of sp³-hybridized carbons (Fsp3) is 0.190. The van der Waals surface area contributed by atoms with Crippen LogP contribution in [-0.2, 0) is 0 Å². The molecule has 1 N–H and O–H groups in total. The molecular formula is C21H21N3S. The smallest absolute Gasteiger partial charge is 0.143 e. The van der Waals surface area contributed by atoms with Crippen LogP contribution >= 0.6 is 11.3 Å². The van der Waals surface area contributed by atoms with Crippen LogP contribution in [0.1, 0.15) is 31.0 Å². The molecule has 3 heterocycles. The molecule has 0 amide bonds. The Balaban J connectivity index is 1.83. The van der Waals surface area contributed by atoms with E-state index in [0.29, 0.717) is 5.92 Å². The molecule has 4 rings (SSSR count). The van der Waals surface area contributed by atoms with Gasteiger partial charge in [0, 0.05) is 22.3 Å². The molecule has 0 aliphatic heterocycles. The number of nitrogens with zero attached hydrogens (tertiary/aromatic N) is 2. The van der Waals surface area contributed by atoms with Gasteiger partial charge in [-0.25, -0.2) is 4.98 Å². The van der Waals surface area contributed by atoms with Gasteiger partial charge in [-0.3, -0.25) is 4.40 Å². The Morgan fingerprint density at radius 3 is 2.52 bits per heavy atom. The molecule has 0 fully saturated rings. The summed E-state index contributed by atoms with van der Waals surface area (Å²) in [6.07, 6.45) is 0. The maximum Gasteiger partial charge on any atom is 0.143 e. The third kappa shape index (κ3) is 2.94. The maximum atomic E-state index is 4.87. The highest BCUT2D eigenvalue weighted by Crippen LogP contribution is 2.33. The largest absolute Gasteiger partial charge is 0.339 e. The lowest BCUT2D eigenvalue weighted by atomic mass is 10.0. The Kier molecular flexibility index (Phi) is 4.06. The van der Waals surface area contributed by atoms with Crippen molar-refractivity contribution in [2.45, 2.75) is 26.7 Å². The van der Waals surface area contributed by atoms with Crippen molar-refractivity contribution in [1.82, 2.24) is 9.38 Å². The lowest BCUT2D eigenvalue weighted by molar-refractivity contribution is 0.867. The highest BCUT2D eigenvalue weighted by atomic mass is 32.1. The van der Waals surface area contributed by atoms with Gasteiger partial charge in [-0.1, -0.05) is 32.0 Å². The van der Waals surface area contributed by atoms with Crippen molar-refractivity contribution in [3.05, 3.63) is 70.5 Å². The van der Waals surface area contributed by atoms with Crippen LogP contribution in [0, 0.1) is 6.92 Å². The summed E-state index contributed by atoms with van der Waals surface area (Å²) < 4.78 is 2.18. The van der Waals surface area contributed by atoms with E-state index < -0.39 is 0 Å². The van der Waals surface area contributed by atoms with E-state index in [9.17, 15) is 0 Å². The summed E-state index contributed by atoms with van der Waals surface area (Å²) in [4.78, 5) is 4.87. The average molecular weight is 347 g/mol. The predicted octanol–water partition coefficient (Wildman–Crippen LogP) is 6.24. The molecule has 0 aliphatic rings. The number of pyridine rings is 1. The molecule has 3 nitrogen and oxygen atoms in total. The molecule has 0 spiro atoms. The zero-order chi connectivity index (χ0) is 17.4. The third-order valence-corrected chi connectivity index (χ3v) is 5.16. The summed E-state index contributed by atoms with van der Waals surface area (Å²) in [5, 5.41) is 7.83. The number of imidazole rings is 1. The van der Waals surface area contributed by atoms with Crippen molar-refractivity contribution in [3.8, 4) is 11.3 Å². The van der Waals surface area contributed by atoms with E-state index in [4.69, 9.17) is 4.98 Å².